The molecule has 0 saturated heterocycles. The molecule has 2 aromatic carbocycles. The van der Waals surface area contributed by atoms with Gasteiger partial charge in [0, 0.05) is 11.6 Å². The number of methoxy groups -OCH3 is 1. The number of carbonyl (C=O) groups is 1. The van der Waals surface area contributed by atoms with Crippen LogP contribution in [0.3, 0.4) is 0 Å². The number of benzene rings is 2. The van der Waals surface area contributed by atoms with Crippen molar-refractivity contribution in [2.24, 2.45) is 0 Å². The smallest absolute Gasteiger partial charge is 0.331 e. The van der Waals surface area contributed by atoms with Gasteiger partial charge < -0.3 is 23.3 Å². The molecule has 2 heterocycles. The molecule has 0 aliphatic rings. The number of aromatic nitrogens is 3. The summed E-state index contributed by atoms with van der Waals surface area (Å²) in [5.41, 5.74) is 4.38. The van der Waals surface area contributed by atoms with Crippen LogP contribution in [0.15, 0.2) is 57.6 Å². The van der Waals surface area contributed by atoms with Gasteiger partial charge in [-0.2, -0.15) is 4.98 Å². The maximum atomic E-state index is 12.2. The van der Waals surface area contributed by atoms with Crippen molar-refractivity contribution in [1.82, 2.24) is 15.3 Å². The van der Waals surface area contributed by atoms with Crippen LogP contribution in [0.4, 0.5) is 0 Å². The van der Waals surface area contributed by atoms with E-state index in [1.807, 2.05) is 45.0 Å². The zero-order valence-corrected chi connectivity index (χ0v) is 19.9. The molecular weight excluding hydrogens is 450 g/mol. The van der Waals surface area contributed by atoms with Gasteiger partial charge in [-0.15, -0.1) is 0 Å². The number of carbonyl (C=O) groups excluding carboxylic acids is 1. The standard InChI is InChI=1S/C26H25N3O6/c1-16-5-9-20(10-6-16)26-27-24(35-29-26)15-33-25(30)12-8-19-7-11-22(23(13-19)31-4)32-14-21-17(2)28-34-18(21)3/h5-13H,14-15H2,1-4H3/b12-8+. The van der Waals surface area contributed by atoms with E-state index in [0.717, 1.165) is 27.9 Å². The third-order valence-electron chi connectivity index (χ3n) is 5.27. The summed E-state index contributed by atoms with van der Waals surface area (Å²) in [5, 5.41) is 7.85. The first-order valence-corrected chi connectivity index (χ1v) is 10.9. The second-order valence-corrected chi connectivity index (χ2v) is 7.82. The SMILES string of the molecule is COc1cc(/C=C/C(=O)OCc2nc(-c3ccc(C)cc3)no2)ccc1OCc1c(C)noc1C. The van der Waals surface area contributed by atoms with Gasteiger partial charge in [-0.1, -0.05) is 46.2 Å². The Morgan fingerprint density at radius 3 is 2.49 bits per heavy atom. The monoisotopic (exact) mass is 475 g/mol. The first-order valence-electron chi connectivity index (χ1n) is 10.9. The Bertz CT molecular complexity index is 1320. The topological polar surface area (TPSA) is 110 Å². The molecule has 35 heavy (non-hydrogen) atoms. The number of ether oxygens (including phenoxy) is 3. The molecule has 0 spiro atoms. The Morgan fingerprint density at radius 2 is 1.77 bits per heavy atom. The number of hydrogen-bond donors (Lipinski definition) is 0. The predicted molar refractivity (Wildman–Crippen MR) is 127 cm³/mol. The minimum Gasteiger partial charge on any atom is -0.493 e. The largest absolute Gasteiger partial charge is 0.493 e. The summed E-state index contributed by atoms with van der Waals surface area (Å²) in [6, 6.07) is 13.1. The maximum Gasteiger partial charge on any atom is 0.331 e. The fourth-order valence-electron chi connectivity index (χ4n) is 3.24. The van der Waals surface area contributed by atoms with Crippen LogP contribution >= 0.6 is 0 Å². The Hall–Kier alpha value is -4.40. The highest BCUT2D eigenvalue weighted by Crippen LogP contribution is 2.30. The normalized spacial score (nSPS) is 11.1. The van der Waals surface area contributed by atoms with Crippen molar-refractivity contribution in [1.29, 1.82) is 0 Å². The average Bonchev–Trinajstić information content (AvgIpc) is 3.47. The van der Waals surface area contributed by atoms with Crippen molar-refractivity contribution in [2.75, 3.05) is 7.11 Å². The molecule has 0 bridgehead atoms. The molecule has 0 fully saturated rings. The number of rotatable bonds is 9. The van der Waals surface area contributed by atoms with Crippen LogP contribution in [0, 0.1) is 20.8 Å². The van der Waals surface area contributed by atoms with Crippen LogP contribution in [-0.2, 0) is 22.7 Å². The van der Waals surface area contributed by atoms with E-state index in [9.17, 15) is 4.79 Å². The third-order valence-corrected chi connectivity index (χ3v) is 5.27. The molecule has 0 unspecified atom stereocenters. The summed E-state index contributed by atoms with van der Waals surface area (Å²) in [7, 11) is 1.55. The van der Waals surface area contributed by atoms with E-state index < -0.39 is 5.97 Å². The second kappa shape index (κ2) is 10.7. The van der Waals surface area contributed by atoms with E-state index in [4.69, 9.17) is 23.3 Å². The first kappa shape index (κ1) is 23.7. The number of esters is 1. The Labute approximate surface area is 202 Å². The molecule has 0 saturated carbocycles. The fraction of sp³-hybridized carbons (Fsp3) is 0.231. The minimum absolute atomic E-state index is 0.125. The van der Waals surface area contributed by atoms with Crippen LogP contribution in [0.5, 0.6) is 11.5 Å². The highest BCUT2D eigenvalue weighted by Gasteiger charge is 2.13. The van der Waals surface area contributed by atoms with Gasteiger partial charge in [-0.05, 0) is 44.5 Å². The van der Waals surface area contributed by atoms with E-state index in [1.165, 1.54) is 6.08 Å². The van der Waals surface area contributed by atoms with Crippen molar-refractivity contribution in [3.8, 4) is 22.9 Å². The summed E-state index contributed by atoms with van der Waals surface area (Å²) in [4.78, 5) is 16.4. The highest BCUT2D eigenvalue weighted by molar-refractivity contribution is 5.87. The van der Waals surface area contributed by atoms with Gasteiger partial charge in [0.15, 0.2) is 18.1 Å². The third kappa shape index (κ3) is 5.94. The molecule has 2 aromatic heterocycles. The van der Waals surface area contributed by atoms with E-state index in [1.54, 1.807) is 31.4 Å². The lowest BCUT2D eigenvalue weighted by Gasteiger charge is -2.11. The van der Waals surface area contributed by atoms with Gasteiger partial charge in [-0.25, -0.2) is 4.79 Å². The summed E-state index contributed by atoms with van der Waals surface area (Å²) in [6.07, 6.45) is 2.94. The molecule has 9 nitrogen and oxygen atoms in total. The first-order chi connectivity index (χ1) is 16.9. The van der Waals surface area contributed by atoms with E-state index >= 15 is 0 Å². The van der Waals surface area contributed by atoms with Gasteiger partial charge in [0.05, 0.1) is 18.4 Å². The molecule has 9 heteroatoms. The number of hydrogen-bond acceptors (Lipinski definition) is 9. The Balaban J connectivity index is 1.32. The molecule has 0 amide bonds. The molecule has 0 radical (unpaired) electrons. The van der Waals surface area contributed by atoms with E-state index in [0.29, 0.717) is 29.7 Å². The van der Waals surface area contributed by atoms with Crippen molar-refractivity contribution in [2.45, 2.75) is 34.0 Å². The molecule has 0 N–H and O–H groups in total. The van der Waals surface area contributed by atoms with Crippen LogP contribution in [0.1, 0.15) is 34.0 Å². The van der Waals surface area contributed by atoms with Crippen LogP contribution in [0.25, 0.3) is 17.5 Å². The summed E-state index contributed by atoms with van der Waals surface area (Å²) < 4.78 is 26.8. The second-order valence-electron chi connectivity index (χ2n) is 7.82. The molecule has 4 aromatic rings. The lowest BCUT2D eigenvalue weighted by atomic mass is 10.1. The zero-order valence-electron chi connectivity index (χ0n) is 19.9. The molecular formula is C26H25N3O6. The van der Waals surface area contributed by atoms with Crippen molar-refractivity contribution >= 4 is 12.0 Å². The Kier molecular flexibility index (Phi) is 7.25. The minimum atomic E-state index is -0.544. The van der Waals surface area contributed by atoms with Gasteiger partial charge in [0.1, 0.15) is 12.4 Å². The van der Waals surface area contributed by atoms with E-state index in [-0.39, 0.29) is 12.5 Å². The summed E-state index contributed by atoms with van der Waals surface area (Å²) in [6.45, 7) is 5.88. The maximum absolute atomic E-state index is 12.2. The molecule has 0 aliphatic carbocycles. The van der Waals surface area contributed by atoms with Gasteiger partial charge in [-0.3, -0.25) is 0 Å². The molecule has 0 atom stereocenters. The molecule has 180 valence electrons. The molecule has 4 rings (SSSR count). The van der Waals surface area contributed by atoms with Crippen molar-refractivity contribution < 1.29 is 28.1 Å². The summed E-state index contributed by atoms with van der Waals surface area (Å²) in [5.74, 6) is 1.91. The number of aryl methyl sites for hydroxylation is 3. The van der Waals surface area contributed by atoms with Crippen molar-refractivity contribution in [3.05, 3.63) is 82.6 Å². The van der Waals surface area contributed by atoms with Gasteiger partial charge >= 0.3 is 5.97 Å². The molecule has 0 aliphatic heterocycles. The van der Waals surface area contributed by atoms with Crippen LogP contribution in [-0.4, -0.2) is 28.4 Å². The zero-order chi connectivity index (χ0) is 24.8. The van der Waals surface area contributed by atoms with E-state index in [2.05, 4.69) is 15.3 Å². The Morgan fingerprint density at radius 1 is 0.971 bits per heavy atom. The van der Waals surface area contributed by atoms with Gasteiger partial charge in [0.2, 0.25) is 5.82 Å². The summed E-state index contributed by atoms with van der Waals surface area (Å²) >= 11 is 0. The quantitative estimate of drug-likeness (QED) is 0.244. The fourth-order valence-corrected chi connectivity index (χ4v) is 3.24. The number of nitrogens with zero attached hydrogens (tertiary/aromatic N) is 3. The highest BCUT2D eigenvalue weighted by atomic mass is 16.6. The average molecular weight is 476 g/mol. The predicted octanol–water partition coefficient (Wildman–Crippen LogP) is 4.99. The van der Waals surface area contributed by atoms with Crippen molar-refractivity contribution in [3.63, 3.8) is 0 Å². The lowest BCUT2D eigenvalue weighted by Crippen LogP contribution is -2.01. The lowest BCUT2D eigenvalue weighted by molar-refractivity contribution is -0.139. The van der Waals surface area contributed by atoms with Gasteiger partial charge in [0.25, 0.3) is 5.89 Å². The van der Waals surface area contributed by atoms with Crippen LogP contribution < -0.4 is 9.47 Å². The van der Waals surface area contributed by atoms with Crippen LogP contribution in [0.2, 0.25) is 0 Å².